The summed E-state index contributed by atoms with van der Waals surface area (Å²) in [4.78, 5) is 14.3. The summed E-state index contributed by atoms with van der Waals surface area (Å²) < 4.78 is 5.80. The normalized spacial score (nSPS) is 29.9. The number of nitrogens with one attached hydrogen (secondary N) is 1. The Kier molecular flexibility index (Phi) is 4.97. The highest BCUT2D eigenvalue weighted by Gasteiger charge is 2.32. The minimum absolute atomic E-state index is 0.0619. The molecule has 1 amide bonds. The third-order valence-electron chi connectivity index (χ3n) is 4.11. The third-order valence-corrected chi connectivity index (χ3v) is 4.11. The van der Waals surface area contributed by atoms with Crippen LogP contribution in [0.5, 0.6) is 0 Å². The van der Waals surface area contributed by atoms with Gasteiger partial charge in [-0.1, -0.05) is 6.92 Å². The zero-order valence-corrected chi connectivity index (χ0v) is 11.2. The molecule has 2 saturated heterocycles. The fourth-order valence-electron chi connectivity index (χ4n) is 2.83. The Hall–Kier alpha value is -0.650. The lowest BCUT2D eigenvalue weighted by atomic mass is 10.1. The second-order valence-corrected chi connectivity index (χ2v) is 5.33. The molecule has 104 valence electrons. The number of rotatable bonds is 5. The highest BCUT2D eigenvalue weighted by atomic mass is 16.5. The molecule has 3 unspecified atom stereocenters. The highest BCUT2D eigenvalue weighted by Crippen LogP contribution is 2.22. The quantitative estimate of drug-likeness (QED) is 0.723. The zero-order chi connectivity index (χ0) is 13.0. The molecule has 2 rings (SSSR count). The molecular weight excluding hydrogens is 230 g/mol. The molecule has 5 nitrogen and oxygen atoms in total. The van der Waals surface area contributed by atoms with E-state index in [0.717, 1.165) is 19.6 Å². The van der Waals surface area contributed by atoms with Crippen molar-refractivity contribution in [2.75, 3.05) is 32.8 Å². The smallest absolute Gasteiger partial charge is 0.224 e. The van der Waals surface area contributed by atoms with Gasteiger partial charge in [0.15, 0.2) is 0 Å². The molecule has 2 aliphatic rings. The molecule has 2 heterocycles. The maximum Gasteiger partial charge on any atom is 0.224 e. The van der Waals surface area contributed by atoms with Crippen LogP contribution in [0.1, 0.15) is 26.2 Å². The monoisotopic (exact) mass is 255 g/mol. The molecule has 0 saturated carbocycles. The summed E-state index contributed by atoms with van der Waals surface area (Å²) in [5.74, 6) is 0.000251. The predicted molar refractivity (Wildman–Crippen MR) is 70.2 cm³/mol. The Balaban J connectivity index is 1.72. The van der Waals surface area contributed by atoms with Gasteiger partial charge in [-0.25, -0.2) is 0 Å². The largest absolute Gasteiger partial charge is 0.373 e. The number of ether oxygens (including phenoxy) is 1. The molecule has 0 aromatic heterocycles. The van der Waals surface area contributed by atoms with E-state index >= 15 is 0 Å². The van der Waals surface area contributed by atoms with Gasteiger partial charge in [0.1, 0.15) is 0 Å². The second kappa shape index (κ2) is 6.50. The number of morpholine rings is 1. The molecule has 0 bridgehead atoms. The molecule has 3 N–H and O–H groups in total. The van der Waals surface area contributed by atoms with Gasteiger partial charge < -0.3 is 15.8 Å². The molecular formula is C13H25N3O2. The van der Waals surface area contributed by atoms with Gasteiger partial charge in [0.05, 0.1) is 12.7 Å². The van der Waals surface area contributed by atoms with Crippen molar-refractivity contribution in [3.05, 3.63) is 0 Å². The summed E-state index contributed by atoms with van der Waals surface area (Å²) in [6.07, 6.45) is 3.46. The maximum atomic E-state index is 11.8. The summed E-state index contributed by atoms with van der Waals surface area (Å²) in [7, 11) is 0. The van der Waals surface area contributed by atoms with Gasteiger partial charge >= 0.3 is 0 Å². The third kappa shape index (κ3) is 3.22. The first-order valence-electron chi connectivity index (χ1n) is 7.08. The fourth-order valence-corrected chi connectivity index (χ4v) is 2.83. The first-order valence-corrected chi connectivity index (χ1v) is 7.08. The number of fused-ring (bicyclic) bond motifs is 1. The molecule has 2 fully saturated rings. The first-order chi connectivity index (χ1) is 8.74. The number of carbonyl (C=O) groups excluding carboxylic acids is 1. The molecule has 0 aromatic carbocycles. The van der Waals surface area contributed by atoms with E-state index in [0.29, 0.717) is 19.1 Å². The van der Waals surface area contributed by atoms with Gasteiger partial charge in [-0.05, 0) is 25.8 Å². The van der Waals surface area contributed by atoms with Gasteiger partial charge in [0.25, 0.3) is 0 Å². The Morgan fingerprint density at radius 2 is 2.44 bits per heavy atom. The average molecular weight is 255 g/mol. The van der Waals surface area contributed by atoms with E-state index in [-0.39, 0.29) is 17.9 Å². The number of nitrogens with two attached hydrogens (primary N) is 1. The number of amides is 1. The molecule has 3 atom stereocenters. The number of hydrogen-bond acceptors (Lipinski definition) is 4. The van der Waals surface area contributed by atoms with E-state index < -0.39 is 0 Å². The van der Waals surface area contributed by atoms with Crippen LogP contribution < -0.4 is 11.1 Å². The van der Waals surface area contributed by atoms with Crippen molar-refractivity contribution in [1.82, 2.24) is 10.2 Å². The van der Waals surface area contributed by atoms with Crippen LogP contribution in [-0.4, -0.2) is 55.7 Å². The van der Waals surface area contributed by atoms with Crippen LogP contribution in [-0.2, 0) is 9.53 Å². The Morgan fingerprint density at radius 1 is 1.61 bits per heavy atom. The van der Waals surface area contributed by atoms with Crippen LogP contribution in [0.25, 0.3) is 0 Å². The van der Waals surface area contributed by atoms with E-state index in [2.05, 4.69) is 10.2 Å². The summed E-state index contributed by atoms with van der Waals surface area (Å²) in [5, 5.41) is 2.96. The van der Waals surface area contributed by atoms with Crippen molar-refractivity contribution < 1.29 is 9.53 Å². The van der Waals surface area contributed by atoms with Crippen molar-refractivity contribution in [2.45, 2.75) is 38.3 Å². The van der Waals surface area contributed by atoms with E-state index in [4.69, 9.17) is 10.5 Å². The maximum absolute atomic E-state index is 11.8. The molecule has 0 aromatic rings. The van der Waals surface area contributed by atoms with Gasteiger partial charge in [-0.2, -0.15) is 0 Å². The standard InChI is InChI=1S/C13H25N3O2/c1-2-10(6-14)13(17)15-7-12-8-16-5-3-4-11(16)9-18-12/h10-12H,2-9,14H2,1H3,(H,15,17). The topological polar surface area (TPSA) is 67.6 Å². The van der Waals surface area contributed by atoms with E-state index in [1.807, 2.05) is 6.92 Å². The second-order valence-electron chi connectivity index (χ2n) is 5.33. The molecule has 0 radical (unpaired) electrons. The van der Waals surface area contributed by atoms with Gasteiger partial charge in [0.2, 0.25) is 5.91 Å². The van der Waals surface area contributed by atoms with Crippen LogP contribution in [0.2, 0.25) is 0 Å². The van der Waals surface area contributed by atoms with Crippen molar-refractivity contribution in [3.63, 3.8) is 0 Å². The van der Waals surface area contributed by atoms with Crippen LogP contribution in [0.15, 0.2) is 0 Å². The first kappa shape index (κ1) is 13.8. The highest BCUT2D eigenvalue weighted by molar-refractivity contribution is 5.78. The number of nitrogens with zero attached hydrogens (tertiary/aromatic N) is 1. The summed E-state index contributed by atoms with van der Waals surface area (Å²) >= 11 is 0. The van der Waals surface area contributed by atoms with Crippen molar-refractivity contribution >= 4 is 5.91 Å². The zero-order valence-electron chi connectivity index (χ0n) is 11.2. The molecule has 2 aliphatic heterocycles. The summed E-state index contributed by atoms with van der Waals surface area (Å²) in [6.45, 7) is 5.96. The average Bonchev–Trinajstić information content (AvgIpc) is 2.85. The Bertz CT molecular complexity index is 281. The van der Waals surface area contributed by atoms with Crippen molar-refractivity contribution in [1.29, 1.82) is 0 Å². The van der Waals surface area contributed by atoms with Crippen LogP contribution in [0.3, 0.4) is 0 Å². The van der Waals surface area contributed by atoms with E-state index in [9.17, 15) is 4.79 Å². The Labute approximate surface area is 109 Å². The van der Waals surface area contributed by atoms with Gasteiger partial charge in [-0.3, -0.25) is 9.69 Å². The molecule has 5 heteroatoms. The minimum Gasteiger partial charge on any atom is -0.373 e. The fraction of sp³-hybridized carbons (Fsp3) is 0.923. The van der Waals surface area contributed by atoms with Crippen LogP contribution >= 0.6 is 0 Å². The summed E-state index contributed by atoms with van der Waals surface area (Å²) in [5.41, 5.74) is 5.56. The lowest BCUT2D eigenvalue weighted by molar-refractivity contribution is -0.126. The molecule has 0 aliphatic carbocycles. The van der Waals surface area contributed by atoms with Crippen molar-refractivity contribution in [3.8, 4) is 0 Å². The number of hydrogen-bond donors (Lipinski definition) is 2. The lowest BCUT2D eigenvalue weighted by Gasteiger charge is -2.35. The van der Waals surface area contributed by atoms with E-state index in [1.54, 1.807) is 0 Å². The van der Waals surface area contributed by atoms with Gasteiger partial charge in [0, 0.05) is 31.6 Å². The SMILES string of the molecule is CCC(CN)C(=O)NCC1CN2CCCC2CO1. The van der Waals surface area contributed by atoms with E-state index in [1.165, 1.54) is 19.4 Å². The van der Waals surface area contributed by atoms with Crippen molar-refractivity contribution in [2.24, 2.45) is 11.7 Å². The number of carbonyl (C=O) groups is 1. The Morgan fingerprint density at radius 3 is 3.17 bits per heavy atom. The van der Waals surface area contributed by atoms with Crippen LogP contribution in [0.4, 0.5) is 0 Å². The van der Waals surface area contributed by atoms with Crippen LogP contribution in [0, 0.1) is 5.92 Å². The lowest BCUT2D eigenvalue weighted by Crippen LogP contribution is -2.50. The predicted octanol–water partition coefficient (Wildman–Crippen LogP) is -0.0493. The minimum atomic E-state index is -0.0619. The summed E-state index contributed by atoms with van der Waals surface area (Å²) in [6, 6.07) is 0.615. The van der Waals surface area contributed by atoms with Gasteiger partial charge in [-0.15, -0.1) is 0 Å². The molecule has 18 heavy (non-hydrogen) atoms. The molecule has 0 spiro atoms.